The molecule has 6 heteroatoms. The van der Waals surface area contributed by atoms with Crippen LogP contribution in [0.4, 0.5) is 26.3 Å². The highest BCUT2D eigenvalue weighted by Gasteiger charge is 2.60. The van der Waals surface area contributed by atoms with Gasteiger partial charge in [0, 0.05) is 6.42 Å². The number of rotatable bonds is 3. The number of fused-ring (bicyclic) bond motifs is 1. The van der Waals surface area contributed by atoms with Crippen molar-refractivity contribution in [1.82, 2.24) is 0 Å². The lowest BCUT2D eigenvalue weighted by molar-refractivity contribution is -0.110. The fraction of sp³-hybridized carbons (Fsp3) is 0.684. The molecule has 0 N–H and O–H groups in total. The van der Waals surface area contributed by atoms with E-state index >= 15 is 4.39 Å². The molecule has 2 saturated carbocycles. The third kappa shape index (κ3) is 3.41. The molecule has 2 aliphatic rings. The Kier molecular flexibility index (Phi) is 4.84. The Morgan fingerprint density at radius 2 is 1.68 bits per heavy atom. The smallest absolute Gasteiger partial charge is 0.243 e. The van der Waals surface area contributed by atoms with Crippen LogP contribution in [0.5, 0.6) is 0 Å². The lowest BCUT2D eigenvalue weighted by Crippen LogP contribution is -2.39. The zero-order valence-electron chi connectivity index (χ0n) is 14.1. The van der Waals surface area contributed by atoms with Gasteiger partial charge in [0.2, 0.25) is 0 Å². The molecule has 0 heterocycles. The molecule has 1 aromatic carbocycles. The van der Waals surface area contributed by atoms with Gasteiger partial charge in [-0.3, -0.25) is 0 Å². The molecule has 0 radical (unpaired) electrons. The predicted molar refractivity (Wildman–Crippen MR) is 82.8 cm³/mol. The normalized spacial score (nSPS) is 34.6. The summed E-state index contributed by atoms with van der Waals surface area (Å²) in [6.45, 7) is 1.92. The molecule has 3 rings (SSSR count). The molecule has 2 aliphatic carbocycles. The summed E-state index contributed by atoms with van der Waals surface area (Å²) in [5, 5.41) is 0. The van der Waals surface area contributed by atoms with Gasteiger partial charge in [0.05, 0.1) is 5.92 Å². The van der Waals surface area contributed by atoms with Gasteiger partial charge < -0.3 is 0 Å². The number of hydrogen-bond acceptors (Lipinski definition) is 0. The molecule has 4 unspecified atom stereocenters. The third-order valence-corrected chi connectivity index (χ3v) is 5.94. The summed E-state index contributed by atoms with van der Waals surface area (Å²) in [4.78, 5) is 0. The van der Waals surface area contributed by atoms with Gasteiger partial charge in [-0.05, 0) is 55.2 Å². The van der Waals surface area contributed by atoms with Crippen LogP contribution < -0.4 is 0 Å². The summed E-state index contributed by atoms with van der Waals surface area (Å²) in [6.07, 6.45) is 1.16. The molecular weight excluding hydrogens is 342 g/mol. The van der Waals surface area contributed by atoms with E-state index in [1.54, 1.807) is 0 Å². The van der Waals surface area contributed by atoms with Crippen LogP contribution in [0.25, 0.3) is 0 Å². The van der Waals surface area contributed by atoms with Crippen molar-refractivity contribution in [3.63, 3.8) is 0 Å². The molecule has 0 aliphatic heterocycles. The highest BCUT2D eigenvalue weighted by Crippen LogP contribution is 2.59. The minimum atomic E-state index is -3.14. The minimum Gasteiger partial charge on any atom is -0.243 e. The monoisotopic (exact) mass is 364 g/mol. The molecule has 0 saturated heterocycles. The lowest BCUT2D eigenvalue weighted by Gasteiger charge is -2.30. The van der Waals surface area contributed by atoms with Gasteiger partial charge in [-0.15, -0.1) is 0 Å². The average molecular weight is 364 g/mol. The van der Waals surface area contributed by atoms with Crippen molar-refractivity contribution in [2.75, 3.05) is 0 Å². The largest absolute Gasteiger partial charge is 0.254 e. The Morgan fingerprint density at radius 3 is 2.28 bits per heavy atom. The van der Waals surface area contributed by atoms with E-state index in [2.05, 4.69) is 0 Å². The average Bonchev–Trinajstić information content (AvgIpc) is 2.85. The van der Waals surface area contributed by atoms with Crippen LogP contribution in [0.1, 0.15) is 63.4 Å². The summed E-state index contributed by atoms with van der Waals surface area (Å²) in [5.74, 6) is -9.86. The van der Waals surface area contributed by atoms with Crippen molar-refractivity contribution in [3.05, 3.63) is 35.1 Å². The second-order valence-electron chi connectivity index (χ2n) is 7.68. The van der Waals surface area contributed by atoms with Crippen LogP contribution in [0.2, 0.25) is 0 Å². The SMILES string of the molecule is CCCC1CCC2(F)CC(c3cc(F)c(F)c(F)c3)CC2C(F)(F)C1. The van der Waals surface area contributed by atoms with Crippen LogP contribution in [0.15, 0.2) is 12.1 Å². The van der Waals surface area contributed by atoms with Crippen molar-refractivity contribution < 1.29 is 26.3 Å². The molecule has 0 amide bonds. The third-order valence-electron chi connectivity index (χ3n) is 5.94. The van der Waals surface area contributed by atoms with Crippen LogP contribution in [0, 0.1) is 29.3 Å². The molecule has 4 atom stereocenters. The summed E-state index contributed by atoms with van der Waals surface area (Å²) in [6, 6.07) is 1.60. The number of halogens is 6. The van der Waals surface area contributed by atoms with Crippen molar-refractivity contribution in [2.45, 2.75) is 69.4 Å². The summed E-state index contributed by atoms with van der Waals surface area (Å²) >= 11 is 0. The second kappa shape index (κ2) is 6.51. The van der Waals surface area contributed by atoms with E-state index in [4.69, 9.17) is 0 Å². The minimum absolute atomic E-state index is 0.0422. The van der Waals surface area contributed by atoms with E-state index in [0.717, 1.165) is 18.6 Å². The maximum Gasteiger partial charge on any atom is 0.254 e. The van der Waals surface area contributed by atoms with Crippen LogP contribution in [0.3, 0.4) is 0 Å². The first-order chi connectivity index (χ1) is 11.7. The Bertz CT molecular complexity index is 620. The topological polar surface area (TPSA) is 0 Å². The molecule has 25 heavy (non-hydrogen) atoms. The fourth-order valence-corrected chi connectivity index (χ4v) is 4.75. The van der Waals surface area contributed by atoms with Gasteiger partial charge >= 0.3 is 0 Å². The van der Waals surface area contributed by atoms with E-state index in [1.807, 2.05) is 6.92 Å². The highest BCUT2D eigenvalue weighted by molar-refractivity contribution is 5.26. The zero-order valence-corrected chi connectivity index (χ0v) is 14.1. The summed E-state index contributed by atoms with van der Waals surface area (Å²) in [5.41, 5.74) is -1.99. The van der Waals surface area contributed by atoms with E-state index in [0.29, 0.717) is 12.8 Å². The van der Waals surface area contributed by atoms with Crippen molar-refractivity contribution >= 4 is 0 Å². The van der Waals surface area contributed by atoms with Gasteiger partial charge in [0.1, 0.15) is 5.67 Å². The van der Waals surface area contributed by atoms with Crippen LogP contribution in [-0.4, -0.2) is 11.6 Å². The fourth-order valence-electron chi connectivity index (χ4n) is 4.75. The first kappa shape index (κ1) is 18.6. The summed E-state index contributed by atoms with van der Waals surface area (Å²) in [7, 11) is 0. The standard InChI is InChI=1S/C19H22F6/c1-2-3-11-4-5-18(23)10-13(8-16(18)19(24,25)9-11)12-6-14(20)17(22)15(21)7-12/h6-7,11,13,16H,2-5,8-10H2,1H3. The Hall–Kier alpha value is -1.20. The zero-order chi connectivity index (χ0) is 18.4. The van der Waals surface area contributed by atoms with Crippen molar-refractivity contribution in [2.24, 2.45) is 11.8 Å². The Labute approximate surface area is 143 Å². The highest BCUT2D eigenvalue weighted by atomic mass is 19.3. The van der Waals surface area contributed by atoms with E-state index in [1.165, 1.54) is 0 Å². The number of alkyl halides is 3. The summed E-state index contributed by atoms with van der Waals surface area (Å²) < 4.78 is 84.8. The van der Waals surface area contributed by atoms with Gasteiger partial charge in [-0.2, -0.15) is 0 Å². The van der Waals surface area contributed by atoms with Crippen molar-refractivity contribution in [1.29, 1.82) is 0 Å². The van der Waals surface area contributed by atoms with E-state index in [9.17, 15) is 22.0 Å². The molecule has 0 spiro atoms. The van der Waals surface area contributed by atoms with Crippen LogP contribution in [-0.2, 0) is 0 Å². The molecule has 0 aromatic heterocycles. The van der Waals surface area contributed by atoms with Gasteiger partial charge in [-0.1, -0.05) is 19.8 Å². The van der Waals surface area contributed by atoms with Gasteiger partial charge in [-0.25, -0.2) is 26.3 Å². The van der Waals surface area contributed by atoms with Gasteiger partial charge in [0.25, 0.3) is 5.92 Å². The maximum absolute atomic E-state index is 15.4. The van der Waals surface area contributed by atoms with E-state index in [-0.39, 0.29) is 37.2 Å². The van der Waals surface area contributed by atoms with Crippen molar-refractivity contribution in [3.8, 4) is 0 Å². The quantitative estimate of drug-likeness (QED) is 0.422. The molecule has 0 bridgehead atoms. The first-order valence-electron chi connectivity index (χ1n) is 8.87. The Morgan fingerprint density at radius 1 is 1.04 bits per heavy atom. The second-order valence-corrected chi connectivity index (χ2v) is 7.68. The maximum atomic E-state index is 15.4. The molecular formula is C19H22F6. The number of hydrogen-bond donors (Lipinski definition) is 0. The molecule has 0 nitrogen and oxygen atoms in total. The van der Waals surface area contributed by atoms with Gasteiger partial charge in [0.15, 0.2) is 17.5 Å². The number of benzene rings is 1. The predicted octanol–water partition coefficient (Wildman–Crippen LogP) is 6.54. The van der Waals surface area contributed by atoms with E-state index < -0.39 is 40.9 Å². The molecule has 140 valence electrons. The Balaban J connectivity index is 1.87. The molecule has 2 fully saturated rings. The van der Waals surface area contributed by atoms with Crippen LogP contribution >= 0.6 is 0 Å². The molecule has 1 aromatic rings. The lowest BCUT2D eigenvalue weighted by atomic mass is 9.86. The first-order valence-corrected chi connectivity index (χ1v) is 8.87.